The fraction of sp³-hybridized carbons (Fsp3) is 0.571. The molecule has 0 aliphatic carbocycles. The third-order valence-corrected chi connectivity index (χ3v) is 1.50. The van der Waals surface area contributed by atoms with Crippen LogP contribution in [-0.2, 0) is 13.6 Å². The number of hydrogen-bond donors (Lipinski definition) is 1. The molecule has 1 rings (SSSR count). The van der Waals surface area contributed by atoms with Crippen LogP contribution in [0.1, 0.15) is 5.69 Å². The van der Waals surface area contributed by atoms with Gasteiger partial charge in [-0.2, -0.15) is 5.10 Å². The maximum atomic E-state index is 11.6. The molecular formula is C7H12FN3. The monoisotopic (exact) mass is 157 g/mol. The molecule has 0 unspecified atom stereocenters. The highest BCUT2D eigenvalue weighted by Crippen LogP contribution is 1.93. The standard InChI is InChI=1S/C7H12FN3/c1-11-7(2-4-10-11)6-9-5-3-8/h2,4,9H,3,5-6H2,1H3. The van der Waals surface area contributed by atoms with Gasteiger partial charge in [0.25, 0.3) is 0 Å². The Bertz CT molecular complexity index is 209. The van der Waals surface area contributed by atoms with Gasteiger partial charge in [-0.15, -0.1) is 0 Å². The lowest BCUT2D eigenvalue weighted by molar-refractivity contribution is 0.463. The van der Waals surface area contributed by atoms with Gasteiger partial charge >= 0.3 is 0 Å². The highest BCUT2D eigenvalue weighted by Gasteiger charge is 1.95. The topological polar surface area (TPSA) is 29.9 Å². The summed E-state index contributed by atoms with van der Waals surface area (Å²) in [5.74, 6) is 0. The van der Waals surface area contributed by atoms with Gasteiger partial charge in [0.05, 0.1) is 5.69 Å². The lowest BCUT2D eigenvalue weighted by Gasteiger charge is -2.01. The minimum Gasteiger partial charge on any atom is -0.309 e. The Kier molecular flexibility index (Phi) is 3.04. The van der Waals surface area contributed by atoms with Crippen LogP contribution in [0.25, 0.3) is 0 Å². The Hall–Kier alpha value is -0.900. The maximum absolute atomic E-state index is 11.6. The maximum Gasteiger partial charge on any atom is 0.102 e. The summed E-state index contributed by atoms with van der Waals surface area (Å²) in [7, 11) is 1.87. The van der Waals surface area contributed by atoms with E-state index in [9.17, 15) is 4.39 Å². The molecular weight excluding hydrogens is 145 g/mol. The van der Waals surface area contributed by atoms with Gasteiger partial charge in [-0.25, -0.2) is 4.39 Å². The number of alkyl halides is 1. The Morgan fingerprint density at radius 3 is 3.09 bits per heavy atom. The molecule has 0 saturated heterocycles. The molecule has 1 aromatic heterocycles. The molecule has 0 spiro atoms. The number of hydrogen-bond acceptors (Lipinski definition) is 2. The van der Waals surface area contributed by atoms with E-state index in [1.54, 1.807) is 10.9 Å². The number of halogens is 1. The highest BCUT2D eigenvalue weighted by molar-refractivity contribution is 4.98. The summed E-state index contributed by atoms with van der Waals surface area (Å²) in [6.45, 7) is 0.767. The summed E-state index contributed by atoms with van der Waals surface area (Å²) in [5.41, 5.74) is 1.07. The normalized spacial score (nSPS) is 10.4. The summed E-state index contributed by atoms with van der Waals surface area (Å²) < 4.78 is 13.4. The second kappa shape index (κ2) is 4.08. The molecule has 1 N–H and O–H groups in total. The number of nitrogens with one attached hydrogen (secondary N) is 1. The smallest absolute Gasteiger partial charge is 0.102 e. The van der Waals surface area contributed by atoms with E-state index in [4.69, 9.17) is 0 Å². The van der Waals surface area contributed by atoms with E-state index < -0.39 is 0 Å². The van der Waals surface area contributed by atoms with Gasteiger partial charge in [-0.3, -0.25) is 4.68 Å². The van der Waals surface area contributed by atoms with Crippen LogP contribution < -0.4 is 5.32 Å². The first-order valence-corrected chi connectivity index (χ1v) is 3.58. The predicted molar refractivity (Wildman–Crippen MR) is 40.9 cm³/mol. The van der Waals surface area contributed by atoms with Crippen LogP contribution in [-0.4, -0.2) is 23.0 Å². The van der Waals surface area contributed by atoms with Gasteiger partial charge in [0.2, 0.25) is 0 Å². The van der Waals surface area contributed by atoms with Crippen LogP contribution in [0.5, 0.6) is 0 Å². The van der Waals surface area contributed by atoms with Crippen molar-refractivity contribution in [1.82, 2.24) is 15.1 Å². The first-order chi connectivity index (χ1) is 5.34. The SMILES string of the molecule is Cn1nccc1CNCCF. The van der Waals surface area contributed by atoms with Crippen LogP contribution >= 0.6 is 0 Å². The van der Waals surface area contributed by atoms with Gasteiger partial charge in [0.15, 0.2) is 0 Å². The second-order valence-electron chi connectivity index (χ2n) is 2.31. The largest absolute Gasteiger partial charge is 0.309 e. The van der Waals surface area contributed by atoms with E-state index in [0.29, 0.717) is 13.1 Å². The molecule has 0 fully saturated rings. The zero-order valence-corrected chi connectivity index (χ0v) is 6.55. The van der Waals surface area contributed by atoms with Gasteiger partial charge < -0.3 is 5.32 Å². The highest BCUT2D eigenvalue weighted by atomic mass is 19.1. The van der Waals surface area contributed by atoms with E-state index in [1.807, 2.05) is 13.1 Å². The molecule has 62 valence electrons. The Labute approximate surface area is 65.2 Å². The van der Waals surface area contributed by atoms with Crippen molar-refractivity contribution in [2.45, 2.75) is 6.54 Å². The number of aromatic nitrogens is 2. The third kappa shape index (κ3) is 2.31. The van der Waals surface area contributed by atoms with Crippen molar-refractivity contribution in [2.24, 2.45) is 7.05 Å². The molecule has 0 amide bonds. The minimum absolute atomic E-state index is 0.322. The summed E-state index contributed by atoms with van der Waals surface area (Å²) in [5, 5.41) is 6.92. The predicted octanol–water partition coefficient (Wildman–Crippen LogP) is 0.479. The van der Waals surface area contributed by atoms with Crippen LogP contribution in [0, 0.1) is 0 Å². The lowest BCUT2D eigenvalue weighted by atomic mass is 10.4. The number of aryl methyl sites for hydroxylation is 1. The average molecular weight is 157 g/mol. The molecule has 1 heterocycles. The molecule has 1 aromatic rings. The average Bonchev–Trinajstić information content (AvgIpc) is 2.37. The zero-order chi connectivity index (χ0) is 8.10. The second-order valence-corrected chi connectivity index (χ2v) is 2.31. The molecule has 0 aromatic carbocycles. The third-order valence-electron chi connectivity index (χ3n) is 1.50. The van der Waals surface area contributed by atoms with Crippen molar-refractivity contribution in [1.29, 1.82) is 0 Å². The number of rotatable bonds is 4. The molecule has 3 nitrogen and oxygen atoms in total. The van der Waals surface area contributed by atoms with Crippen LogP contribution in [0.4, 0.5) is 4.39 Å². The fourth-order valence-corrected chi connectivity index (χ4v) is 0.858. The lowest BCUT2D eigenvalue weighted by Crippen LogP contribution is -2.17. The zero-order valence-electron chi connectivity index (χ0n) is 6.55. The summed E-state index contributed by atoms with van der Waals surface area (Å²) in [4.78, 5) is 0. The van der Waals surface area contributed by atoms with Crippen molar-refractivity contribution in [3.05, 3.63) is 18.0 Å². The minimum atomic E-state index is -0.322. The quantitative estimate of drug-likeness (QED) is 0.644. The van der Waals surface area contributed by atoms with E-state index >= 15 is 0 Å². The first kappa shape index (κ1) is 8.20. The number of nitrogens with zero attached hydrogens (tertiary/aromatic N) is 2. The molecule has 0 bridgehead atoms. The Morgan fingerprint density at radius 2 is 2.55 bits per heavy atom. The van der Waals surface area contributed by atoms with Crippen molar-refractivity contribution in [3.63, 3.8) is 0 Å². The van der Waals surface area contributed by atoms with Gasteiger partial charge in [-0.05, 0) is 6.07 Å². The van der Waals surface area contributed by atoms with E-state index in [1.165, 1.54) is 0 Å². The Morgan fingerprint density at radius 1 is 1.73 bits per heavy atom. The van der Waals surface area contributed by atoms with Crippen molar-refractivity contribution >= 4 is 0 Å². The first-order valence-electron chi connectivity index (χ1n) is 3.58. The van der Waals surface area contributed by atoms with Crippen molar-refractivity contribution < 1.29 is 4.39 Å². The van der Waals surface area contributed by atoms with E-state index in [-0.39, 0.29) is 6.67 Å². The van der Waals surface area contributed by atoms with Crippen LogP contribution in [0.15, 0.2) is 12.3 Å². The van der Waals surface area contributed by atoms with Crippen molar-refractivity contribution in [2.75, 3.05) is 13.2 Å². The molecule has 0 saturated carbocycles. The Balaban J connectivity index is 2.32. The molecule has 4 heteroatoms. The molecule has 11 heavy (non-hydrogen) atoms. The summed E-state index contributed by atoms with van der Waals surface area (Å²) in [6.07, 6.45) is 1.73. The van der Waals surface area contributed by atoms with Crippen LogP contribution in [0.2, 0.25) is 0 Å². The summed E-state index contributed by atoms with van der Waals surface area (Å²) in [6, 6.07) is 1.91. The van der Waals surface area contributed by atoms with Gasteiger partial charge in [0, 0.05) is 26.3 Å². The summed E-state index contributed by atoms with van der Waals surface area (Å²) >= 11 is 0. The van der Waals surface area contributed by atoms with Gasteiger partial charge in [-0.1, -0.05) is 0 Å². The molecule has 0 radical (unpaired) electrons. The van der Waals surface area contributed by atoms with E-state index in [0.717, 1.165) is 5.69 Å². The molecule has 0 aliphatic heterocycles. The molecule has 0 aliphatic rings. The van der Waals surface area contributed by atoms with Crippen LogP contribution in [0.3, 0.4) is 0 Å². The van der Waals surface area contributed by atoms with Crippen molar-refractivity contribution in [3.8, 4) is 0 Å². The van der Waals surface area contributed by atoms with E-state index in [2.05, 4.69) is 10.4 Å². The fourth-order valence-electron chi connectivity index (χ4n) is 0.858. The molecule has 0 atom stereocenters. The van der Waals surface area contributed by atoms with Gasteiger partial charge in [0.1, 0.15) is 6.67 Å².